The normalized spacial score (nSPS) is 15.2. The van der Waals surface area contributed by atoms with E-state index < -0.39 is 0 Å². The highest BCUT2D eigenvalue weighted by molar-refractivity contribution is 8.19. The second kappa shape index (κ2) is 12.2. The number of anilines is 1. The Kier molecular flexibility index (Phi) is 8.50. The van der Waals surface area contributed by atoms with Crippen LogP contribution >= 0.6 is 35.0 Å². The lowest BCUT2D eigenvalue weighted by molar-refractivity contribution is -0.113. The summed E-state index contributed by atoms with van der Waals surface area (Å²) in [4.78, 5) is 20.7. The lowest BCUT2D eigenvalue weighted by Gasteiger charge is -2.16. The van der Waals surface area contributed by atoms with E-state index in [-0.39, 0.29) is 5.91 Å². The largest absolute Gasteiger partial charge is 0.493 e. The number of aliphatic imine (C=N–C) groups is 1. The van der Waals surface area contributed by atoms with Gasteiger partial charge in [0.25, 0.3) is 5.91 Å². The second-order valence-corrected chi connectivity index (χ2v) is 11.1. The molecule has 1 aliphatic rings. The lowest BCUT2D eigenvalue weighted by atomic mass is 10.1. The van der Waals surface area contributed by atoms with Crippen molar-refractivity contribution in [3.8, 4) is 11.5 Å². The summed E-state index contributed by atoms with van der Waals surface area (Å²) in [5.41, 5.74) is 5.41. The Morgan fingerprint density at radius 2 is 1.55 bits per heavy atom. The van der Waals surface area contributed by atoms with Gasteiger partial charge in [0.15, 0.2) is 16.7 Å². The number of methoxy groups -OCH3 is 1. The van der Waals surface area contributed by atoms with E-state index in [4.69, 9.17) is 37.7 Å². The highest BCUT2D eigenvalue weighted by Gasteiger charge is 2.35. The van der Waals surface area contributed by atoms with Crippen LogP contribution in [0, 0.1) is 13.8 Å². The van der Waals surface area contributed by atoms with Gasteiger partial charge in [-0.2, -0.15) is 0 Å². The predicted octanol–water partition coefficient (Wildman–Crippen LogP) is 9.01. The first-order valence-corrected chi connectivity index (χ1v) is 14.1. The van der Waals surface area contributed by atoms with E-state index in [0.29, 0.717) is 43.8 Å². The third-order valence-electron chi connectivity index (χ3n) is 6.20. The van der Waals surface area contributed by atoms with Gasteiger partial charge >= 0.3 is 0 Å². The minimum absolute atomic E-state index is 0.169. The molecule has 0 radical (unpaired) electrons. The zero-order valence-electron chi connectivity index (χ0n) is 22.2. The smallest absolute Gasteiger partial charge is 0.271 e. The Morgan fingerprint density at radius 1 is 0.900 bits per heavy atom. The monoisotopic (exact) mass is 588 g/mol. The highest BCUT2D eigenvalue weighted by Crippen LogP contribution is 2.41. The molecule has 1 aliphatic heterocycles. The van der Waals surface area contributed by atoms with Crippen molar-refractivity contribution < 1.29 is 14.3 Å². The van der Waals surface area contributed by atoms with Gasteiger partial charge in [-0.05, 0) is 91.3 Å². The number of amidine groups is 1. The molecule has 0 unspecified atom stereocenters. The molecule has 0 spiro atoms. The van der Waals surface area contributed by atoms with Crippen molar-refractivity contribution in [2.75, 3.05) is 12.0 Å². The van der Waals surface area contributed by atoms with Gasteiger partial charge in [-0.15, -0.1) is 0 Å². The van der Waals surface area contributed by atoms with Crippen LogP contribution in [0.15, 0.2) is 94.8 Å². The molecule has 0 aromatic heterocycles. The Morgan fingerprint density at radius 3 is 2.20 bits per heavy atom. The fraction of sp³-hybridized carbons (Fsp3) is 0.125. The fourth-order valence-electron chi connectivity index (χ4n) is 4.05. The van der Waals surface area contributed by atoms with E-state index in [0.717, 1.165) is 28.1 Å². The van der Waals surface area contributed by atoms with Crippen molar-refractivity contribution >= 4 is 63.5 Å². The van der Waals surface area contributed by atoms with Crippen LogP contribution in [-0.2, 0) is 11.4 Å². The van der Waals surface area contributed by atoms with E-state index in [1.165, 1.54) is 11.8 Å². The predicted molar refractivity (Wildman–Crippen MR) is 166 cm³/mol. The first-order valence-electron chi connectivity index (χ1n) is 12.5. The number of hydrogen-bond donors (Lipinski definition) is 0. The average Bonchev–Trinajstić information content (AvgIpc) is 3.24. The van der Waals surface area contributed by atoms with Crippen LogP contribution in [0.5, 0.6) is 11.5 Å². The Bertz CT molecular complexity index is 1600. The van der Waals surface area contributed by atoms with Crippen molar-refractivity contribution in [3.05, 3.63) is 122 Å². The molecular formula is C32H26Cl2N2O3S. The van der Waals surface area contributed by atoms with E-state index in [1.807, 2.05) is 74.5 Å². The minimum atomic E-state index is -0.169. The number of thioether (sulfide) groups is 1. The third kappa shape index (κ3) is 6.36. The van der Waals surface area contributed by atoms with E-state index in [2.05, 4.69) is 0 Å². The molecule has 0 N–H and O–H groups in total. The molecule has 1 heterocycles. The fourth-order valence-corrected chi connectivity index (χ4v) is 5.45. The standard InChI is InChI=1S/C32H26Cl2N2O3S/c1-20-4-12-25(13-5-20)35-32-36(26-14-6-21(2)7-15-26)31(37)29(40-32)18-23-16-27(34)30(28(17-23)38-3)39-19-22-8-10-24(33)11-9-22/h4-18H,19H2,1-3H3/b29-18-,35-32?. The molecular weight excluding hydrogens is 563 g/mol. The van der Waals surface area contributed by atoms with Crippen LogP contribution in [0.2, 0.25) is 10.0 Å². The number of ether oxygens (including phenoxy) is 2. The Hall–Kier alpha value is -3.71. The zero-order valence-corrected chi connectivity index (χ0v) is 24.5. The Labute approximate surface area is 248 Å². The number of carbonyl (C=O) groups excluding carboxylic acids is 1. The molecule has 4 aromatic rings. The van der Waals surface area contributed by atoms with Crippen molar-refractivity contribution in [1.82, 2.24) is 0 Å². The van der Waals surface area contributed by atoms with E-state index in [1.54, 1.807) is 42.4 Å². The third-order valence-corrected chi connectivity index (χ3v) is 7.70. The van der Waals surface area contributed by atoms with Crippen molar-refractivity contribution in [2.24, 2.45) is 4.99 Å². The number of hydrogen-bond acceptors (Lipinski definition) is 5. The first kappa shape index (κ1) is 27.8. The first-order chi connectivity index (χ1) is 19.3. The summed E-state index contributed by atoms with van der Waals surface area (Å²) >= 11 is 13.9. The topological polar surface area (TPSA) is 51.1 Å². The van der Waals surface area contributed by atoms with Gasteiger partial charge in [0.1, 0.15) is 6.61 Å². The summed E-state index contributed by atoms with van der Waals surface area (Å²) in [6.07, 6.45) is 1.79. The molecule has 1 fully saturated rings. The van der Waals surface area contributed by atoms with Gasteiger partial charge in [-0.3, -0.25) is 9.69 Å². The van der Waals surface area contributed by atoms with E-state index >= 15 is 0 Å². The zero-order chi connectivity index (χ0) is 28.2. The molecule has 4 aromatic carbocycles. The number of aryl methyl sites for hydroxylation is 2. The van der Waals surface area contributed by atoms with Crippen LogP contribution < -0.4 is 14.4 Å². The molecule has 8 heteroatoms. The summed E-state index contributed by atoms with van der Waals surface area (Å²) < 4.78 is 11.6. The SMILES string of the molecule is COc1cc(/C=C2\SC(=Nc3ccc(C)cc3)N(c3ccc(C)cc3)C2=O)cc(Cl)c1OCc1ccc(Cl)cc1. The van der Waals surface area contributed by atoms with E-state index in [9.17, 15) is 4.79 Å². The number of amides is 1. The summed E-state index contributed by atoms with van der Waals surface area (Å²) in [6.45, 7) is 4.33. The maximum atomic E-state index is 13.7. The van der Waals surface area contributed by atoms with Crippen LogP contribution in [0.1, 0.15) is 22.3 Å². The van der Waals surface area contributed by atoms with Crippen LogP contribution in [0.4, 0.5) is 11.4 Å². The number of nitrogens with zero attached hydrogens (tertiary/aromatic N) is 2. The van der Waals surface area contributed by atoms with Gasteiger partial charge in [0.05, 0.1) is 28.4 Å². The summed E-state index contributed by atoms with van der Waals surface area (Å²) in [5.74, 6) is 0.722. The van der Waals surface area contributed by atoms with Crippen LogP contribution in [0.25, 0.3) is 6.08 Å². The maximum Gasteiger partial charge on any atom is 0.271 e. The van der Waals surface area contributed by atoms with Crippen molar-refractivity contribution in [1.29, 1.82) is 0 Å². The van der Waals surface area contributed by atoms with Gasteiger partial charge in [0.2, 0.25) is 0 Å². The van der Waals surface area contributed by atoms with Crippen LogP contribution in [0.3, 0.4) is 0 Å². The second-order valence-electron chi connectivity index (χ2n) is 9.27. The number of carbonyl (C=O) groups is 1. The van der Waals surface area contributed by atoms with Crippen molar-refractivity contribution in [2.45, 2.75) is 20.5 Å². The molecule has 1 saturated heterocycles. The van der Waals surface area contributed by atoms with Crippen molar-refractivity contribution in [3.63, 3.8) is 0 Å². The lowest BCUT2D eigenvalue weighted by Crippen LogP contribution is -2.28. The van der Waals surface area contributed by atoms with Gasteiger partial charge in [0, 0.05) is 5.02 Å². The molecule has 0 aliphatic carbocycles. The molecule has 5 rings (SSSR count). The molecule has 1 amide bonds. The number of benzene rings is 4. The van der Waals surface area contributed by atoms with Gasteiger partial charge in [-0.25, -0.2) is 4.99 Å². The highest BCUT2D eigenvalue weighted by atomic mass is 35.5. The number of halogens is 2. The summed E-state index contributed by atoms with van der Waals surface area (Å²) in [5, 5.41) is 1.61. The Balaban J connectivity index is 1.46. The molecule has 40 heavy (non-hydrogen) atoms. The summed E-state index contributed by atoms with van der Waals surface area (Å²) in [7, 11) is 1.55. The molecule has 5 nitrogen and oxygen atoms in total. The quantitative estimate of drug-likeness (QED) is 0.202. The minimum Gasteiger partial charge on any atom is -0.493 e. The maximum absolute atomic E-state index is 13.7. The molecule has 0 bridgehead atoms. The summed E-state index contributed by atoms with van der Waals surface area (Å²) in [6, 6.07) is 26.6. The van der Waals surface area contributed by atoms with Gasteiger partial charge in [-0.1, -0.05) is 70.7 Å². The average molecular weight is 590 g/mol. The molecule has 202 valence electrons. The van der Waals surface area contributed by atoms with Crippen LogP contribution in [-0.4, -0.2) is 18.2 Å². The number of rotatable bonds is 7. The molecule has 0 saturated carbocycles. The van der Waals surface area contributed by atoms with Gasteiger partial charge < -0.3 is 9.47 Å². The molecule has 0 atom stereocenters.